The summed E-state index contributed by atoms with van der Waals surface area (Å²) in [6.45, 7) is 4.39. The van der Waals surface area contributed by atoms with Crippen molar-refractivity contribution in [3.05, 3.63) is 23.8 Å². The zero-order valence-electron chi connectivity index (χ0n) is 12.1. The lowest BCUT2D eigenvalue weighted by atomic mass is 10.2. The van der Waals surface area contributed by atoms with Crippen molar-refractivity contribution < 1.29 is 14.2 Å². The van der Waals surface area contributed by atoms with Crippen LogP contribution in [0, 0.1) is 11.3 Å². The highest BCUT2D eigenvalue weighted by atomic mass is 32.2. The standard InChI is InChI=1S/C15H21NO3S/c1-3-20-15-7-4-6-14(13(15)12-16)19-11-10-18-9-5-8-17-2/h4,6-7H,3,5,8-11H2,1-2H3. The van der Waals surface area contributed by atoms with E-state index in [1.165, 1.54) is 0 Å². The maximum Gasteiger partial charge on any atom is 0.138 e. The van der Waals surface area contributed by atoms with Gasteiger partial charge in [0.2, 0.25) is 0 Å². The van der Waals surface area contributed by atoms with Gasteiger partial charge >= 0.3 is 0 Å². The molecular weight excluding hydrogens is 274 g/mol. The van der Waals surface area contributed by atoms with Gasteiger partial charge in [0.1, 0.15) is 24.0 Å². The van der Waals surface area contributed by atoms with E-state index < -0.39 is 0 Å². The smallest absolute Gasteiger partial charge is 0.138 e. The number of benzene rings is 1. The van der Waals surface area contributed by atoms with Gasteiger partial charge < -0.3 is 14.2 Å². The molecule has 0 atom stereocenters. The topological polar surface area (TPSA) is 51.5 Å². The van der Waals surface area contributed by atoms with E-state index in [1.807, 2.05) is 18.2 Å². The summed E-state index contributed by atoms with van der Waals surface area (Å²) in [7, 11) is 1.67. The first-order valence-corrected chi connectivity index (χ1v) is 7.67. The average Bonchev–Trinajstić information content (AvgIpc) is 2.47. The number of thioether (sulfide) groups is 1. The van der Waals surface area contributed by atoms with Gasteiger partial charge in [-0.2, -0.15) is 5.26 Å². The Morgan fingerprint density at radius 2 is 2.05 bits per heavy atom. The van der Waals surface area contributed by atoms with Gasteiger partial charge in [-0.3, -0.25) is 0 Å². The summed E-state index contributed by atoms with van der Waals surface area (Å²) in [4.78, 5) is 0.966. The fourth-order valence-electron chi connectivity index (χ4n) is 1.64. The second-order valence-corrected chi connectivity index (χ2v) is 5.29. The second-order valence-electron chi connectivity index (χ2n) is 3.98. The van der Waals surface area contributed by atoms with Gasteiger partial charge in [-0.15, -0.1) is 11.8 Å². The molecule has 0 unspecified atom stereocenters. The molecule has 0 heterocycles. The van der Waals surface area contributed by atoms with Crippen LogP contribution in [0.15, 0.2) is 23.1 Å². The van der Waals surface area contributed by atoms with Crippen LogP contribution in [0.4, 0.5) is 0 Å². The predicted molar refractivity (Wildman–Crippen MR) is 80.4 cm³/mol. The van der Waals surface area contributed by atoms with Crippen LogP contribution >= 0.6 is 11.8 Å². The Hall–Kier alpha value is -1.22. The third kappa shape index (κ3) is 5.83. The van der Waals surface area contributed by atoms with Crippen molar-refractivity contribution in [1.29, 1.82) is 5.26 Å². The van der Waals surface area contributed by atoms with Crippen molar-refractivity contribution in [2.45, 2.75) is 18.2 Å². The van der Waals surface area contributed by atoms with Gasteiger partial charge in [0, 0.05) is 25.2 Å². The van der Waals surface area contributed by atoms with E-state index in [-0.39, 0.29) is 0 Å². The normalized spacial score (nSPS) is 10.2. The molecule has 110 valence electrons. The Morgan fingerprint density at radius 1 is 1.20 bits per heavy atom. The lowest BCUT2D eigenvalue weighted by Crippen LogP contribution is -2.09. The van der Waals surface area contributed by atoms with Crippen molar-refractivity contribution in [1.82, 2.24) is 0 Å². The molecule has 0 radical (unpaired) electrons. The molecule has 0 amide bonds. The molecule has 20 heavy (non-hydrogen) atoms. The molecule has 0 fully saturated rings. The Labute approximate surface area is 125 Å². The molecule has 1 aromatic carbocycles. The SMILES string of the molecule is CCSc1cccc(OCCOCCCOC)c1C#N. The molecule has 0 aromatic heterocycles. The first kappa shape index (κ1) is 16.8. The predicted octanol–water partition coefficient (Wildman–Crippen LogP) is 3.10. The van der Waals surface area contributed by atoms with E-state index in [0.717, 1.165) is 17.1 Å². The number of nitrogens with zero attached hydrogens (tertiary/aromatic N) is 1. The van der Waals surface area contributed by atoms with Gasteiger partial charge in [-0.1, -0.05) is 13.0 Å². The van der Waals surface area contributed by atoms with Gasteiger partial charge in [-0.25, -0.2) is 0 Å². The molecule has 5 heteroatoms. The number of ether oxygens (including phenoxy) is 3. The third-order valence-electron chi connectivity index (χ3n) is 2.52. The van der Waals surface area contributed by atoms with Crippen molar-refractivity contribution in [2.75, 3.05) is 39.3 Å². The summed E-state index contributed by atoms with van der Waals surface area (Å²) in [5.41, 5.74) is 0.610. The monoisotopic (exact) mass is 295 g/mol. The van der Waals surface area contributed by atoms with Crippen LogP contribution in [0.2, 0.25) is 0 Å². The van der Waals surface area contributed by atoms with E-state index in [0.29, 0.717) is 37.7 Å². The summed E-state index contributed by atoms with van der Waals surface area (Å²) in [6, 6.07) is 7.89. The van der Waals surface area contributed by atoms with Gasteiger partial charge in [-0.05, 0) is 24.3 Å². The zero-order chi connectivity index (χ0) is 14.6. The van der Waals surface area contributed by atoms with Gasteiger partial charge in [0.05, 0.1) is 6.61 Å². The van der Waals surface area contributed by atoms with Crippen LogP contribution in [-0.4, -0.2) is 39.3 Å². The van der Waals surface area contributed by atoms with E-state index in [2.05, 4.69) is 13.0 Å². The summed E-state index contributed by atoms with van der Waals surface area (Å²) in [5.74, 6) is 1.56. The van der Waals surface area contributed by atoms with Crippen molar-refractivity contribution in [3.63, 3.8) is 0 Å². The van der Waals surface area contributed by atoms with Crippen LogP contribution in [0.3, 0.4) is 0 Å². The Balaban J connectivity index is 2.40. The van der Waals surface area contributed by atoms with Crippen LogP contribution in [0.1, 0.15) is 18.9 Å². The van der Waals surface area contributed by atoms with Crippen LogP contribution in [-0.2, 0) is 9.47 Å². The first-order chi connectivity index (χ1) is 9.83. The molecular formula is C15H21NO3S. The molecule has 1 rings (SSSR count). The number of rotatable bonds is 10. The van der Waals surface area contributed by atoms with Gasteiger partial charge in [0.15, 0.2) is 0 Å². The maximum atomic E-state index is 9.24. The van der Waals surface area contributed by atoms with Crippen molar-refractivity contribution in [3.8, 4) is 11.8 Å². The number of hydrogen-bond acceptors (Lipinski definition) is 5. The maximum absolute atomic E-state index is 9.24. The van der Waals surface area contributed by atoms with Crippen LogP contribution in [0.5, 0.6) is 5.75 Å². The lowest BCUT2D eigenvalue weighted by molar-refractivity contribution is 0.0805. The molecule has 0 saturated heterocycles. The molecule has 0 saturated carbocycles. The lowest BCUT2D eigenvalue weighted by Gasteiger charge is -2.10. The quantitative estimate of drug-likeness (QED) is 0.490. The molecule has 0 aliphatic carbocycles. The zero-order valence-corrected chi connectivity index (χ0v) is 12.9. The molecule has 1 aromatic rings. The summed E-state index contributed by atoms with van der Waals surface area (Å²) in [6.07, 6.45) is 0.878. The van der Waals surface area contributed by atoms with E-state index in [1.54, 1.807) is 18.9 Å². The minimum atomic E-state index is 0.446. The molecule has 4 nitrogen and oxygen atoms in total. The van der Waals surface area contributed by atoms with E-state index in [9.17, 15) is 5.26 Å². The molecule has 0 aliphatic heterocycles. The average molecular weight is 295 g/mol. The highest BCUT2D eigenvalue weighted by Gasteiger charge is 2.08. The molecule has 0 aliphatic rings. The largest absolute Gasteiger partial charge is 0.490 e. The van der Waals surface area contributed by atoms with Crippen molar-refractivity contribution in [2.24, 2.45) is 0 Å². The summed E-state index contributed by atoms with van der Waals surface area (Å²) < 4.78 is 16.0. The van der Waals surface area contributed by atoms with Crippen LogP contribution in [0.25, 0.3) is 0 Å². The van der Waals surface area contributed by atoms with E-state index >= 15 is 0 Å². The number of nitriles is 1. The van der Waals surface area contributed by atoms with E-state index in [4.69, 9.17) is 14.2 Å². The minimum Gasteiger partial charge on any atom is -0.490 e. The second kappa shape index (κ2) is 10.6. The van der Waals surface area contributed by atoms with Crippen LogP contribution < -0.4 is 4.74 Å². The third-order valence-corrected chi connectivity index (χ3v) is 3.46. The van der Waals surface area contributed by atoms with Gasteiger partial charge in [0.25, 0.3) is 0 Å². The molecule has 0 bridgehead atoms. The Morgan fingerprint density at radius 3 is 2.75 bits per heavy atom. The molecule has 0 spiro atoms. The fraction of sp³-hybridized carbons (Fsp3) is 0.533. The van der Waals surface area contributed by atoms with Crippen molar-refractivity contribution >= 4 is 11.8 Å². The molecule has 0 N–H and O–H groups in total. The number of hydrogen-bond donors (Lipinski definition) is 0. The number of methoxy groups -OCH3 is 1. The Bertz CT molecular complexity index is 432. The summed E-state index contributed by atoms with van der Waals surface area (Å²) in [5, 5.41) is 9.24. The Kier molecular flexibility index (Phi) is 8.88. The summed E-state index contributed by atoms with van der Waals surface area (Å²) >= 11 is 1.65. The highest BCUT2D eigenvalue weighted by molar-refractivity contribution is 7.99. The fourth-order valence-corrected chi connectivity index (χ4v) is 2.41. The first-order valence-electron chi connectivity index (χ1n) is 6.68. The highest BCUT2D eigenvalue weighted by Crippen LogP contribution is 2.29. The minimum absolute atomic E-state index is 0.446.